The molecule has 0 spiro atoms. The summed E-state index contributed by atoms with van der Waals surface area (Å²) in [5.74, 6) is 0.983. The summed E-state index contributed by atoms with van der Waals surface area (Å²) in [6.45, 7) is 0.608. The fourth-order valence-corrected chi connectivity index (χ4v) is 2.17. The monoisotopic (exact) mass is 280 g/mol. The van der Waals surface area contributed by atoms with Gasteiger partial charge in [0, 0.05) is 30.9 Å². The van der Waals surface area contributed by atoms with Crippen LogP contribution in [-0.2, 0) is 0 Å². The van der Waals surface area contributed by atoms with E-state index in [1.807, 2.05) is 48.7 Å². The maximum Gasteiger partial charge on any atom is 0.157 e. The van der Waals surface area contributed by atoms with Gasteiger partial charge in [0.15, 0.2) is 5.65 Å². The van der Waals surface area contributed by atoms with Crippen LogP contribution in [0.2, 0.25) is 0 Å². The molecule has 0 aliphatic heterocycles. The molecule has 3 N–H and O–H groups in total. The van der Waals surface area contributed by atoms with Crippen molar-refractivity contribution >= 4 is 23.0 Å². The summed E-state index contributed by atoms with van der Waals surface area (Å²) in [5.41, 5.74) is 7.30. The van der Waals surface area contributed by atoms with Gasteiger partial charge >= 0.3 is 0 Å². The molecular weight excluding hydrogens is 264 g/mol. The third-order valence-corrected chi connectivity index (χ3v) is 3.19. The number of fused-ring (bicyclic) bond motifs is 1. The molecule has 0 amide bonds. The molecule has 2 heterocycles. The molecule has 21 heavy (non-hydrogen) atoms. The van der Waals surface area contributed by atoms with E-state index >= 15 is 0 Å². The smallest absolute Gasteiger partial charge is 0.157 e. The largest absolute Gasteiger partial charge is 0.388 e. The van der Waals surface area contributed by atoms with Crippen molar-refractivity contribution in [2.75, 3.05) is 11.4 Å². The highest BCUT2D eigenvalue weighted by Crippen LogP contribution is 2.23. The van der Waals surface area contributed by atoms with Crippen molar-refractivity contribution in [2.24, 2.45) is 5.73 Å². The van der Waals surface area contributed by atoms with Crippen LogP contribution in [0, 0.1) is 5.41 Å². The highest BCUT2D eigenvalue weighted by Gasteiger charge is 2.11. The molecule has 0 aliphatic carbocycles. The Kier molecular flexibility index (Phi) is 3.51. The first-order chi connectivity index (χ1) is 10.2. The second-order valence-electron chi connectivity index (χ2n) is 4.68. The number of anilines is 2. The highest BCUT2D eigenvalue weighted by atomic mass is 15.3. The van der Waals surface area contributed by atoms with Gasteiger partial charge in [-0.3, -0.25) is 5.41 Å². The van der Waals surface area contributed by atoms with E-state index in [2.05, 4.69) is 15.0 Å². The Morgan fingerprint density at radius 3 is 2.76 bits per heavy atom. The van der Waals surface area contributed by atoms with Crippen LogP contribution in [0.4, 0.5) is 11.5 Å². The zero-order valence-electron chi connectivity index (χ0n) is 11.5. The normalized spacial score (nSPS) is 10.7. The van der Waals surface area contributed by atoms with Gasteiger partial charge in [0.05, 0.1) is 12.0 Å². The van der Waals surface area contributed by atoms with E-state index in [1.165, 1.54) is 0 Å². The minimum atomic E-state index is 0.168. The van der Waals surface area contributed by atoms with Gasteiger partial charge in [-0.1, -0.05) is 18.2 Å². The van der Waals surface area contributed by atoms with E-state index in [4.69, 9.17) is 11.1 Å². The zero-order valence-corrected chi connectivity index (χ0v) is 11.5. The number of aromatic nitrogens is 3. The average Bonchev–Trinajstić information content (AvgIpc) is 2.96. The molecular formula is C15H16N6. The van der Waals surface area contributed by atoms with E-state index in [-0.39, 0.29) is 5.84 Å². The average molecular weight is 280 g/mol. The van der Waals surface area contributed by atoms with Crippen molar-refractivity contribution in [1.82, 2.24) is 14.6 Å². The summed E-state index contributed by atoms with van der Waals surface area (Å²) in [5, 5.41) is 11.6. The molecule has 0 fully saturated rings. The Balaban J connectivity index is 1.98. The van der Waals surface area contributed by atoms with Gasteiger partial charge in [0.2, 0.25) is 0 Å². The summed E-state index contributed by atoms with van der Waals surface area (Å²) in [6, 6.07) is 13.7. The molecule has 0 aliphatic rings. The lowest BCUT2D eigenvalue weighted by atomic mass is 10.2. The Hall–Kier alpha value is -2.89. The first kappa shape index (κ1) is 13.1. The molecule has 106 valence electrons. The summed E-state index contributed by atoms with van der Waals surface area (Å²) in [6.07, 6.45) is 4.08. The molecule has 2 aromatic heterocycles. The van der Waals surface area contributed by atoms with Gasteiger partial charge < -0.3 is 10.6 Å². The number of nitrogens with two attached hydrogens (primary N) is 1. The predicted molar refractivity (Wildman–Crippen MR) is 83.0 cm³/mol. The highest BCUT2D eigenvalue weighted by molar-refractivity contribution is 5.78. The molecule has 0 radical (unpaired) electrons. The minimum Gasteiger partial charge on any atom is -0.388 e. The maximum atomic E-state index is 7.44. The first-order valence-corrected chi connectivity index (χ1v) is 6.70. The van der Waals surface area contributed by atoms with Crippen molar-refractivity contribution in [2.45, 2.75) is 6.42 Å². The molecule has 0 bridgehead atoms. The molecule has 0 saturated heterocycles. The third kappa shape index (κ3) is 2.84. The fourth-order valence-electron chi connectivity index (χ4n) is 2.17. The number of rotatable bonds is 5. The maximum absolute atomic E-state index is 7.44. The van der Waals surface area contributed by atoms with E-state index in [0.29, 0.717) is 13.0 Å². The van der Waals surface area contributed by atoms with Gasteiger partial charge in [-0.25, -0.2) is 9.50 Å². The lowest BCUT2D eigenvalue weighted by Crippen LogP contribution is -2.24. The van der Waals surface area contributed by atoms with Gasteiger partial charge in [-0.15, -0.1) is 0 Å². The molecule has 0 saturated carbocycles. The Labute approximate surface area is 122 Å². The van der Waals surface area contributed by atoms with Crippen LogP contribution in [0.15, 0.2) is 54.9 Å². The number of amidine groups is 1. The fraction of sp³-hybridized carbons (Fsp3) is 0.133. The second kappa shape index (κ2) is 5.62. The molecule has 0 atom stereocenters. The minimum absolute atomic E-state index is 0.168. The number of hydrogen-bond donors (Lipinski definition) is 2. The molecule has 3 rings (SSSR count). The molecule has 6 heteroatoms. The van der Waals surface area contributed by atoms with Gasteiger partial charge in [0.25, 0.3) is 0 Å². The van der Waals surface area contributed by atoms with E-state index in [9.17, 15) is 0 Å². The van der Waals surface area contributed by atoms with Crippen LogP contribution in [0.25, 0.3) is 5.65 Å². The van der Waals surface area contributed by atoms with E-state index in [0.717, 1.165) is 17.2 Å². The van der Waals surface area contributed by atoms with E-state index in [1.54, 1.807) is 10.7 Å². The van der Waals surface area contributed by atoms with Crippen molar-refractivity contribution in [1.29, 1.82) is 5.41 Å². The predicted octanol–water partition coefficient (Wildman–Crippen LogP) is 2.19. The zero-order chi connectivity index (χ0) is 14.7. The van der Waals surface area contributed by atoms with Crippen molar-refractivity contribution in [3.8, 4) is 0 Å². The van der Waals surface area contributed by atoms with Crippen LogP contribution in [-0.4, -0.2) is 27.0 Å². The Morgan fingerprint density at radius 2 is 2.00 bits per heavy atom. The van der Waals surface area contributed by atoms with E-state index < -0.39 is 0 Å². The van der Waals surface area contributed by atoms with Gasteiger partial charge in [-0.2, -0.15) is 5.10 Å². The van der Waals surface area contributed by atoms with Crippen LogP contribution >= 0.6 is 0 Å². The lowest BCUT2D eigenvalue weighted by Gasteiger charge is -2.23. The Bertz CT molecular complexity index is 749. The van der Waals surface area contributed by atoms with Crippen LogP contribution in [0.1, 0.15) is 6.42 Å². The third-order valence-electron chi connectivity index (χ3n) is 3.19. The summed E-state index contributed by atoms with van der Waals surface area (Å²) >= 11 is 0. The number of benzene rings is 1. The topological polar surface area (TPSA) is 83.3 Å². The quantitative estimate of drug-likeness (QED) is 0.554. The van der Waals surface area contributed by atoms with Gasteiger partial charge in [-0.05, 0) is 18.2 Å². The molecule has 3 aromatic rings. The van der Waals surface area contributed by atoms with Gasteiger partial charge in [0.1, 0.15) is 5.82 Å². The van der Waals surface area contributed by atoms with Crippen LogP contribution in [0.5, 0.6) is 0 Å². The van der Waals surface area contributed by atoms with Crippen molar-refractivity contribution in [3.05, 3.63) is 54.9 Å². The summed E-state index contributed by atoms with van der Waals surface area (Å²) < 4.78 is 1.72. The first-order valence-electron chi connectivity index (χ1n) is 6.70. The van der Waals surface area contributed by atoms with Crippen LogP contribution in [0.3, 0.4) is 0 Å². The SMILES string of the molecule is N=C(N)CCN(c1ccccc1)c1ccn2nccc2n1. The molecule has 0 unspecified atom stereocenters. The van der Waals surface area contributed by atoms with Crippen molar-refractivity contribution in [3.63, 3.8) is 0 Å². The number of para-hydroxylation sites is 1. The van der Waals surface area contributed by atoms with Crippen molar-refractivity contribution < 1.29 is 0 Å². The molecule has 6 nitrogen and oxygen atoms in total. The summed E-state index contributed by atoms with van der Waals surface area (Å²) in [7, 11) is 0. The number of hydrogen-bond acceptors (Lipinski definition) is 4. The molecule has 1 aromatic carbocycles. The van der Waals surface area contributed by atoms with Crippen LogP contribution < -0.4 is 10.6 Å². The Morgan fingerprint density at radius 1 is 1.19 bits per heavy atom. The number of nitrogens with one attached hydrogen (secondary N) is 1. The standard InChI is InChI=1S/C15H16N6/c16-13(17)7-10-20(12-4-2-1-3-5-12)14-8-11-21-15(19-14)6-9-18-21/h1-6,8-9,11H,7,10H2,(H3,16,17). The summed E-state index contributed by atoms with van der Waals surface area (Å²) in [4.78, 5) is 6.65. The lowest BCUT2D eigenvalue weighted by molar-refractivity contribution is 0.901. The number of nitrogens with zero attached hydrogens (tertiary/aromatic N) is 4. The second-order valence-corrected chi connectivity index (χ2v) is 4.68.